The van der Waals surface area contributed by atoms with Gasteiger partial charge in [-0.3, -0.25) is 0 Å². The van der Waals surface area contributed by atoms with Crippen LogP contribution in [0.4, 0.5) is 0 Å². The molecule has 147 heavy (non-hydrogen) atoms. The summed E-state index contributed by atoms with van der Waals surface area (Å²) in [4.78, 5) is 0. The van der Waals surface area contributed by atoms with Gasteiger partial charge in [0.2, 0.25) is 0 Å². The second kappa shape index (κ2) is 30.3. The number of furan rings is 2. The number of para-hydroxylation sites is 12. The number of benzene rings is 22. The molecule has 28 aromatic rings. The smallest absolute Gasteiger partial charge is 0.171 e. The molecule has 6 aliphatic rings. The van der Waals surface area contributed by atoms with Crippen molar-refractivity contribution in [1.82, 2.24) is 13.7 Å². The van der Waals surface area contributed by atoms with Gasteiger partial charge in [0.1, 0.15) is 33.8 Å². The molecule has 11 heterocycles. The van der Waals surface area contributed by atoms with Crippen molar-refractivity contribution in [3.05, 3.63) is 563 Å². The first-order valence-corrected chi connectivity index (χ1v) is 53.3. The van der Waals surface area contributed by atoms with Crippen molar-refractivity contribution in [3.8, 4) is 61.9 Å². The number of nitrogens with zero attached hydrogens (tertiary/aromatic N) is 3. The summed E-state index contributed by atoms with van der Waals surface area (Å²) in [7, 11) is -3.39. The summed E-state index contributed by atoms with van der Waals surface area (Å²) >= 11 is 1.86. The lowest BCUT2D eigenvalue weighted by molar-refractivity contribution is 0.434. The highest BCUT2D eigenvalue weighted by atomic mass is 32.1. The fourth-order valence-electron chi connectivity index (χ4n) is 27.5. The third-order valence-corrected chi connectivity index (χ3v) is 37.9. The Morgan fingerprint density at radius 2 is 0.565 bits per heavy atom. The van der Waals surface area contributed by atoms with E-state index in [9.17, 15) is 0 Å². The van der Waals surface area contributed by atoms with E-state index in [1.165, 1.54) is 180 Å². The van der Waals surface area contributed by atoms with E-state index < -0.39 is 23.4 Å². The maximum Gasteiger partial charge on any atom is 0.171 e. The zero-order valence-corrected chi connectivity index (χ0v) is 81.7. The summed E-state index contributed by atoms with van der Waals surface area (Å²) in [5.74, 6) is 1.81. The van der Waals surface area contributed by atoms with Gasteiger partial charge in [0.05, 0.1) is 66.4 Å². The molecule has 34 rings (SSSR count). The fourth-order valence-corrected chi connectivity index (χ4v) is 31.8. The Morgan fingerprint density at radius 3 is 1.12 bits per heavy atom. The largest absolute Gasteiger partial charge is 0.457 e. The van der Waals surface area contributed by atoms with Gasteiger partial charge >= 0.3 is 0 Å². The molecule has 5 aliphatic heterocycles. The van der Waals surface area contributed by atoms with E-state index in [0.717, 1.165) is 105 Å². The average Bonchev–Trinajstić information content (AvgIpc) is 1.64. The monoisotopic (exact) mass is 1910 g/mol. The predicted molar refractivity (Wildman–Crippen MR) is 607 cm³/mol. The van der Waals surface area contributed by atoms with Gasteiger partial charge in [-0.2, -0.15) is 0 Å². The summed E-state index contributed by atoms with van der Waals surface area (Å²) in [6.45, 7) is 4.81. The van der Waals surface area contributed by atoms with Crippen LogP contribution in [0.1, 0.15) is 91.7 Å². The first-order chi connectivity index (χ1) is 72.5. The minimum atomic E-state index is -3.39. The molecule has 9 heteroatoms. The van der Waals surface area contributed by atoms with Crippen LogP contribution in [0, 0.1) is 0 Å². The van der Waals surface area contributed by atoms with Gasteiger partial charge in [-0.15, -0.1) is 11.3 Å². The topological polar surface area (TPSA) is 67.4 Å². The molecule has 4 atom stereocenters. The van der Waals surface area contributed by atoms with Crippen LogP contribution >= 0.6 is 18.5 Å². The SMILES string of the molecule is CC1(C)c2ccccc2C2(c3ccccc3-n3c4ccccc4c4cccc2c43)c2ccc(-c3ccc4oc5ccccc5c4c3)cc21.O=P1(c2ccccc2)c2ccccc2C2(c3ccccc3-n3c4ccccc4c4cccc2c43)c2ccc(-c3ccc4oc5ccccc5c4c3)cc21.c1ccc2c(c1)Oc1cc(-c3ccc4sc5ccccc5c4c3)ccc1C21c2ccccc2-n2c3ccccc3c3cccc1c32. The van der Waals surface area contributed by atoms with Gasteiger partial charge in [-0.25, -0.2) is 0 Å². The summed E-state index contributed by atoms with van der Waals surface area (Å²) in [5, 5.41) is 17.3. The van der Waals surface area contributed by atoms with E-state index >= 15 is 4.57 Å². The molecular formula is C138H86N3O4PS. The molecule has 0 fully saturated rings. The van der Waals surface area contributed by atoms with Gasteiger partial charge < -0.3 is 31.8 Å². The second-order valence-corrected chi connectivity index (χ2v) is 44.6. The van der Waals surface area contributed by atoms with E-state index in [1.54, 1.807) is 0 Å². The standard InChI is InChI=1S/C49H30NO2P.C46H31NO.C43H25NOS/c51-53(33-13-2-1-3-14-33)46-24-11-7-19-39(46)49(38-18-6-9-22-43(38)50-42-21-8-4-15-34(42)36-17-12-20-41(49)48(36)50)40-27-25-32(30-47(40)53)31-26-28-45-37(29-31)35-16-5-10-23-44(35)52-45;1-45(2)34-15-5-6-16-35(34)46(36-24-22-29(27-39(36)45)28-23-25-43-33(26-28)31-13-4-10-21-42(31)48-43)37-17-7-9-20-41(37)47-40-19-8-3-12-30(40)32-14-11-18-38(46)44(32)47;1-5-16-36-28(10-1)30-12-9-15-35-42(30)44(36)37-17-6-3-13-32(37)43(35)33-14-4-7-18-38(33)45-39-25-27(20-22-34(39)43)26-21-23-41-31(24-26)29-11-2-8-19-40(29)46-41/h1-30H;3-27H,1-2H3;1-25H. The number of hydrogen-bond donors (Lipinski definition) is 0. The zero-order chi connectivity index (χ0) is 96.7. The molecule has 7 nitrogen and oxygen atoms in total. The minimum absolute atomic E-state index is 0.216. The van der Waals surface area contributed by atoms with Crippen molar-refractivity contribution in [1.29, 1.82) is 0 Å². The average molecular weight is 1910 g/mol. The van der Waals surface area contributed by atoms with Crippen LogP contribution in [0.2, 0.25) is 0 Å². The lowest BCUT2D eigenvalue weighted by Gasteiger charge is -2.50. The van der Waals surface area contributed by atoms with Crippen molar-refractivity contribution in [2.24, 2.45) is 0 Å². The van der Waals surface area contributed by atoms with Crippen LogP contribution in [-0.4, -0.2) is 13.7 Å². The van der Waals surface area contributed by atoms with Gasteiger partial charge in [-0.1, -0.05) is 384 Å². The van der Waals surface area contributed by atoms with Crippen LogP contribution < -0.4 is 20.7 Å². The Bertz CT molecular complexity index is 10700. The molecule has 6 aromatic heterocycles. The lowest BCUT2D eigenvalue weighted by atomic mass is 9.53. The van der Waals surface area contributed by atoms with Crippen molar-refractivity contribution >= 4 is 164 Å². The van der Waals surface area contributed by atoms with Crippen LogP contribution in [0.15, 0.2) is 494 Å². The summed E-state index contributed by atoms with van der Waals surface area (Å²) in [6.07, 6.45) is 0. The molecule has 3 spiro atoms. The number of hydrogen-bond acceptors (Lipinski definition) is 5. The van der Waals surface area contributed by atoms with Crippen LogP contribution in [0.5, 0.6) is 11.5 Å². The maximum absolute atomic E-state index is 16.6. The fraction of sp³-hybridized carbons (Fsp3) is 0.0435. The van der Waals surface area contributed by atoms with Gasteiger partial charge in [0.15, 0.2) is 7.14 Å². The highest BCUT2D eigenvalue weighted by molar-refractivity contribution is 7.85. The Labute approximate surface area is 850 Å². The van der Waals surface area contributed by atoms with Crippen LogP contribution in [0.3, 0.4) is 0 Å². The molecule has 0 saturated carbocycles. The highest BCUT2D eigenvalue weighted by Crippen LogP contribution is 2.66. The maximum atomic E-state index is 16.6. The molecule has 0 bridgehead atoms. The molecule has 688 valence electrons. The highest BCUT2D eigenvalue weighted by Gasteiger charge is 2.57. The van der Waals surface area contributed by atoms with E-state index in [1.807, 2.05) is 59.9 Å². The van der Waals surface area contributed by atoms with Crippen molar-refractivity contribution in [3.63, 3.8) is 0 Å². The summed E-state index contributed by atoms with van der Waals surface area (Å²) in [5.41, 5.74) is 37.2. The van der Waals surface area contributed by atoms with Crippen molar-refractivity contribution in [2.75, 3.05) is 0 Å². The number of fused-ring (bicyclic) bond motifs is 42. The van der Waals surface area contributed by atoms with E-state index in [-0.39, 0.29) is 5.41 Å². The molecule has 0 amide bonds. The lowest BCUT2D eigenvalue weighted by Crippen LogP contribution is -2.48. The zero-order valence-electron chi connectivity index (χ0n) is 80.0. The van der Waals surface area contributed by atoms with Gasteiger partial charge in [-0.05, 0) is 215 Å². The molecule has 22 aromatic carbocycles. The molecule has 0 N–H and O–H groups in total. The van der Waals surface area contributed by atoms with Crippen molar-refractivity contribution in [2.45, 2.75) is 35.5 Å². The molecular weight excluding hydrogens is 1830 g/mol. The minimum Gasteiger partial charge on any atom is -0.457 e. The quantitative estimate of drug-likeness (QED) is 0.165. The Kier molecular flexibility index (Phi) is 17.1. The second-order valence-electron chi connectivity index (χ2n) is 40.8. The first kappa shape index (κ1) is 82.6. The Balaban J connectivity index is 0.0000000982. The van der Waals surface area contributed by atoms with E-state index in [4.69, 9.17) is 13.6 Å². The molecule has 0 saturated heterocycles. The Hall–Kier alpha value is -17.9. The van der Waals surface area contributed by atoms with Crippen molar-refractivity contribution < 1.29 is 18.1 Å². The molecule has 1 aliphatic carbocycles. The summed E-state index contributed by atoms with van der Waals surface area (Å²) in [6, 6.07) is 176. The number of thiophene rings is 1. The molecule has 4 unspecified atom stereocenters. The number of aromatic nitrogens is 3. The number of rotatable bonds is 4. The van der Waals surface area contributed by atoms with Gasteiger partial charge in [0.25, 0.3) is 0 Å². The number of ether oxygens (including phenoxy) is 1. The van der Waals surface area contributed by atoms with Crippen LogP contribution in [-0.2, 0) is 26.2 Å². The third-order valence-electron chi connectivity index (χ3n) is 33.6. The van der Waals surface area contributed by atoms with Gasteiger partial charge in [0, 0.05) is 106 Å². The van der Waals surface area contributed by atoms with E-state index in [2.05, 4.69) is 464 Å². The first-order valence-electron chi connectivity index (χ1n) is 50.7. The third kappa shape index (κ3) is 10.9. The molecule has 0 radical (unpaired) electrons. The summed E-state index contributed by atoms with van der Waals surface area (Å²) < 4.78 is 45.9. The Morgan fingerprint density at radius 1 is 0.218 bits per heavy atom. The normalized spacial score (nSPS) is 17.3. The van der Waals surface area contributed by atoms with E-state index in [0.29, 0.717) is 0 Å². The predicted octanol–water partition coefficient (Wildman–Crippen LogP) is 34.3. The van der Waals surface area contributed by atoms with Crippen LogP contribution in [0.25, 0.3) is 180 Å².